The summed E-state index contributed by atoms with van der Waals surface area (Å²) in [5.41, 5.74) is 2.95. The van der Waals surface area contributed by atoms with Crippen molar-refractivity contribution in [2.75, 3.05) is 13.1 Å². The van der Waals surface area contributed by atoms with Gasteiger partial charge in [-0.1, -0.05) is 44.0 Å². The first-order valence-corrected chi connectivity index (χ1v) is 11.7. The second-order valence-corrected chi connectivity index (χ2v) is 11.6. The van der Waals surface area contributed by atoms with E-state index in [1.54, 1.807) is 0 Å². The van der Waals surface area contributed by atoms with Gasteiger partial charge in [-0.2, -0.15) is 0 Å². The van der Waals surface area contributed by atoms with Crippen molar-refractivity contribution in [3.05, 3.63) is 46.4 Å². The van der Waals surface area contributed by atoms with E-state index in [1.807, 2.05) is 36.4 Å². The third-order valence-electron chi connectivity index (χ3n) is 7.15. The molecule has 1 aliphatic heterocycles. The Morgan fingerprint density at radius 1 is 0.967 bits per heavy atom. The summed E-state index contributed by atoms with van der Waals surface area (Å²) in [6.45, 7) is 9.59. The van der Waals surface area contributed by atoms with Crippen LogP contribution in [-0.4, -0.2) is 39.8 Å². The molecule has 1 saturated carbocycles. The molecule has 0 spiro atoms. The van der Waals surface area contributed by atoms with Crippen LogP contribution >= 0.6 is 23.2 Å². The van der Waals surface area contributed by atoms with E-state index in [-0.39, 0.29) is 0 Å². The molecule has 1 saturated heterocycles. The van der Waals surface area contributed by atoms with Crippen molar-refractivity contribution in [2.24, 2.45) is 10.8 Å². The van der Waals surface area contributed by atoms with Crippen molar-refractivity contribution in [3.8, 4) is 0 Å². The van der Waals surface area contributed by atoms with E-state index in [0.29, 0.717) is 33.5 Å². The highest BCUT2D eigenvalue weighted by molar-refractivity contribution is 6.33. The van der Waals surface area contributed by atoms with Gasteiger partial charge in [0.05, 0.1) is 12.6 Å². The summed E-state index contributed by atoms with van der Waals surface area (Å²) in [7, 11) is 0. The molecule has 1 aliphatic carbocycles. The Hall–Kier alpha value is -1.26. The highest BCUT2D eigenvalue weighted by Crippen LogP contribution is 2.52. The van der Waals surface area contributed by atoms with Crippen molar-refractivity contribution in [2.45, 2.75) is 58.7 Å². The summed E-state index contributed by atoms with van der Waals surface area (Å²) in [4.78, 5) is 2.54. The van der Waals surface area contributed by atoms with Gasteiger partial charge in [-0.05, 0) is 66.5 Å². The highest BCUT2D eigenvalue weighted by Gasteiger charge is 2.49. The van der Waals surface area contributed by atoms with Gasteiger partial charge in [-0.3, -0.25) is 4.90 Å². The lowest BCUT2D eigenvalue weighted by Crippen LogP contribution is -2.39. The SMILES string of the molecule is CC1(C)C[C@H]2C[C@@](C)(CN2C[C@@H](O)Cn2c3ccc(Cl)cc3c3cc(Cl)ccc32)C1. The smallest absolute Gasteiger partial charge is 0.0846 e. The second-order valence-electron chi connectivity index (χ2n) is 10.7. The summed E-state index contributed by atoms with van der Waals surface area (Å²) < 4.78 is 2.22. The van der Waals surface area contributed by atoms with Gasteiger partial charge in [0.25, 0.3) is 0 Å². The first-order chi connectivity index (χ1) is 14.1. The van der Waals surface area contributed by atoms with Crippen molar-refractivity contribution in [3.63, 3.8) is 0 Å². The second kappa shape index (κ2) is 7.13. The number of halogens is 2. The largest absolute Gasteiger partial charge is 0.390 e. The minimum absolute atomic E-state index is 0.381. The molecule has 2 heterocycles. The predicted molar refractivity (Wildman–Crippen MR) is 127 cm³/mol. The molecule has 3 nitrogen and oxygen atoms in total. The molecule has 2 bridgehead atoms. The maximum absolute atomic E-state index is 11.1. The van der Waals surface area contributed by atoms with E-state index < -0.39 is 6.10 Å². The number of likely N-dealkylation sites (tertiary alicyclic amines) is 1. The number of nitrogens with zero attached hydrogens (tertiary/aromatic N) is 2. The number of aliphatic hydroxyl groups excluding tert-OH is 1. The minimum Gasteiger partial charge on any atom is -0.390 e. The predicted octanol–water partition coefficient (Wildman–Crippen LogP) is 6.36. The molecular formula is C25H30Cl2N2O. The van der Waals surface area contributed by atoms with E-state index in [4.69, 9.17) is 23.2 Å². The van der Waals surface area contributed by atoms with Gasteiger partial charge < -0.3 is 9.67 Å². The topological polar surface area (TPSA) is 28.4 Å². The highest BCUT2D eigenvalue weighted by atomic mass is 35.5. The summed E-state index contributed by atoms with van der Waals surface area (Å²) in [6.07, 6.45) is 3.33. The number of hydrogen-bond acceptors (Lipinski definition) is 2. The van der Waals surface area contributed by atoms with Gasteiger partial charge in [0.1, 0.15) is 0 Å². The first-order valence-electron chi connectivity index (χ1n) is 10.9. The quantitative estimate of drug-likeness (QED) is 0.506. The standard InChI is InChI=1S/C25H30Cl2N2O/c1-24(2)10-18-11-25(3,14-24)15-28(18)12-19(30)13-29-22-6-4-16(26)8-20(22)21-9-17(27)5-7-23(21)29/h4-9,18-19,30H,10-15H2,1-3H3/t18-,19+,25+/m0/s1. The van der Waals surface area contributed by atoms with Gasteiger partial charge in [0.2, 0.25) is 0 Å². The van der Waals surface area contributed by atoms with Crippen LogP contribution in [0, 0.1) is 10.8 Å². The van der Waals surface area contributed by atoms with Crippen LogP contribution in [0.1, 0.15) is 40.0 Å². The van der Waals surface area contributed by atoms with Crippen LogP contribution in [0.2, 0.25) is 10.0 Å². The average molecular weight is 445 g/mol. The lowest BCUT2D eigenvalue weighted by atomic mass is 9.65. The molecule has 160 valence electrons. The fourth-order valence-electron chi connectivity index (χ4n) is 6.57. The molecule has 2 aliphatic rings. The summed E-state index contributed by atoms with van der Waals surface area (Å²) in [5.74, 6) is 0. The van der Waals surface area contributed by atoms with Crippen LogP contribution in [0.3, 0.4) is 0 Å². The van der Waals surface area contributed by atoms with Gasteiger partial charge in [-0.15, -0.1) is 0 Å². The third kappa shape index (κ3) is 3.64. The van der Waals surface area contributed by atoms with Crippen molar-refractivity contribution in [1.29, 1.82) is 0 Å². The summed E-state index contributed by atoms with van der Waals surface area (Å²) in [5, 5.41) is 14.7. The Bertz CT molecular complexity index is 1060. The van der Waals surface area contributed by atoms with E-state index in [0.717, 1.165) is 34.9 Å². The number of aromatic nitrogens is 1. The molecule has 0 radical (unpaired) electrons. The van der Waals surface area contributed by atoms with E-state index in [1.165, 1.54) is 19.3 Å². The summed E-state index contributed by atoms with van der Waals surface area (Å²) in [6, 6.07) is 12.5. The third-order valence-corrected chi connectivity index (χ3v) is 7.62. The number of rotatable bonds is 4. The molecule has 30 heavy (non-hydrogen) atoms. The average Bonchev–Trinajstić information content (AvgIpc) is 3.04. The fourth-order valence-corrected chi connectivity index (χ4v) is 6.92. The Balaban J connectivity index is 1.43. The molecule has 3 aromatic rings. The van der Waals surface area contributed by atoms with Crippen LogP contribution < -0.4 is 0 Å². The number of fused-ring (bicyclic) bond motifs is 5. The van der Waals surface area contributed by atoms with E-state index in [9.17, 15) is 5.11 Å². The van der Waals surface area contributed by atoms with Gasteiger partial charge >= 0.3 is 0 Å². The van der Waals surface area contributed by atoms with Crippen LogP contribution in [-0.2, 0) is 6.54 Å². The van der Waals surface area contributed by atoms with Crippen LogP contribution in [0.25, 0.3) is 21.8 Å². The lowest BCUT2D eigenvalue weighted by molar-refractivity contribution is 0.0833. The number of aliphatic hydroxyl groups is 1. The molecule has 1 aromatic heterocycles. The zero-order chi connectivity index (χ0) is 21.3. The van der Waals surface area contributed by atoms with Gasteiger partial charge in [0.15, 0.2) is 0 Å². The van der Waals surface area contributed by atoms with E-state index >= 15 is 0 Å². The number of hydrogen-bond donors (Lipinski definition) is 1. The zero-order valence-corrected chi connectivity index (χ0v) is 19.5. The Morgan fingerprint density at radius 3 is 2.17 bits per heavy atom. The Kier molecular flexibility index (Phi) is 4.90. The molecule has 0 unspecified atom stereocenters. The van der Waals surface area contributed by atoms with Gasteiger partial charge in [0, 0.05) is 51.0 Å². The van der Waals surface area contributed by atoms with Crippen LogP contribution in [0.15, 0.2) is 36.4 Å². The number of β-amino-alcohol motifs (C(OH)–C–C–N with tert-alkyl or cyclic N) is 1. The maximum atomic E-state index is 11.1. The molecular weight excluding hydrogens is 415 g/mol. The molecule has 5 heteroatoms. The Morgan fingerprint density at radius 2 is 1.57 bits per heavy atom. The van der Waals surface area contributed by atoms with Gasteiger partial charge in [-0.25, -0.2) is 0 Å². The lowest BCUT2D eigenvalue weighted by Gasteiger charge is -2.40. The van der Waals surface area contributed by atoms with Crippen molar-refractivity contribution < 1.29 is 5.11 Å². The van der Waals surface area contributed by atoms with Crippen LogP contribution in [0.5, 0.6) is 0 Å². The zero-order valence-electron chi connectivity index (χ0n) is 18.0. The first kappa shape index (κ1) is 20.6. The van der Waals surface area contributed by atoms with E-state index in [2.05, 4.69) is 30.2 Å². The molecule has 2 aromatic carbocycles. The van der Waals surface area contributed by atoms with Crippen LogP contribution in [0.4, 0.5) is 0 Å². The molecule has 3 atom stereocenters. The summed E-state index contributed by atoms with van der Waals surface area (Å²) >= 11 is 12.6. The number of benzene rings is 2. The monoisotopic (exact) mass is 444 g/mol. The maximum Gasteiger partial charge on any atom is 0.0846 e. The molecule has 0 amide bonds. The molecule has 5 rings (SSSR count). The Labute approximate surface area is 188 Å². The molecule has 1 N–H and O–H groups in total. The fraction of sp³-hybridized carbons (Fsp3) is 0.520. The minimum atomic E-state index is -0.429. The van der Waals surface area contributed by atoms with Crippen molar-refractivity contribution in [1.82, 2.24) is 9.47 Å². The molecule has 2 fully saturated rings. The normalized spacial score (nSPS) is 27.2. The van der Waals surface area contributed by atoms with Crippen molar-refractivity contribution >= 4 is 45.0 Å².